The van der Waals surface area contributed by atoms with Crippen molar-refractivity contribution in [3.05, 3.63) is 30.3 Å². The van der Waals surface area contributed by atoms with Gasteiger partial charge in [-0.2, -0.15) is 10.2 Å². The minimum absolute atomic E-state index is 0.0607. The van der Waals surface area contributed by atoms with Crippen molar-refractivity contribution in [2.75, 3.05) is 0 Å². The van der Waals surface area contributed by atoms with Crippen molar-refractivity contribution in [1.29, 1.82) is 0 Å². The number of amides is 1. The number of hydrogen-bond donors (Lipinski definition) is 1. The second kappa shape index (κ2) is 6.82. The molecule has 1 saturated carbocycles. The molecule has 1 aliphatic carbocycles. The summed E-state index contributed by atoms with van der Waals surface area (Å²) in [6.07, 6.45) is 9.65. The Morgan fingerprint density at radius 3 is 2.70 bits per heavy atom. The van der Waals surface area contributed by atoms with E-state index in [1.54, 1.807) is 0 Å². The average molecular weight is 311 g/mol. The lowest BCUT2D eigenvalue weighted by molar-refractivity contribution is -0.123. The molecule has 5 heteroatoms. The van der Waals surface area contributed by atoms with Crippen molar-refractivity contribution in [2.45, 2.75) is 56.3 Å². The number of ether oxygens (including phenoxy) is 1. The van der Waals surface area contributed by atoms with Crippen LogP contribution in [-0.2, 0) is 4.79 Å². The summed E-state index contributed by atoms with van der Waals surface area (Å²) in [5.74, 6) is 3.54. The van der Waals surface area contributed by atoms with Crippen LogP contribution in [0.5, 0.6) is 5.75 Å². The standard InChI is InChI=1S/C18H21N3O2/c1-2-3-10-18(20-21-18)11-9-17(22)19-14-12-16(13-14)23-15-7-5-4-6-8-15/h1,4-8,14,16H,3,9-13H2,(H,19,22). The summed E-state index contributed by atoms with van der Waals surface area (Å²) in [5.41, 5.74) is -0.373. The van der Waals surface area contributed by atoms with Crippen LogP contribution in [0, 0.1) is 12.3 Å². The molecule has 0 radical (unpaired) electrons. The molecule has 1 N–H and O–H groups in total. The van der Waals surface area contributed by atoms with E-state index in [1.165, 1.54) is 0 Å². The van der Waals surface area contributed by atoms with E-state index in [9.17, 15) is 4.79 Å². The van der Waals surface area contributed by atoms with Crippen LogP contribution in [0.1, 0.15) is 38.5 Å². The number of nitrogens with zero attached hydrogens (tertiary/aromatic N) is 2. The third-order valence-corrected chi connectivity index (χ3v) is 4.31. The van der Waals surface area contributed by atoms with Gasteiger partial charge in [-0.3, -0.25) is 4.79 Å². The maximum Gasteiger partial charge on any atom is 0.220 e. The molecule has 0 bridgehead atoms. The Labute approximate surface area is 136 Å². The highest BCUT2D eigenvalue weighted by Gasteiger charge is 2.39. The van der Waals surface area contributed by atoms with Gasteiger partial charge in [0.05, 0.1) is 0 Å². The monoisotopic (exact) mass is 311 g/mol. The molecule has 1 aromatic carbocycles. The highest BCUT2D eigenvalue weighted by molar-refractivity contribution is 5.76. The van der Waals surface area contributed by atoms with Crippen LogP contribution in [0.4, 0.5) is 0 Å². The Kier molecular flexibility index (Phi) is 4.61. The molecule has 0 unspecified atom stereocenters. The van der Waals surface area contributed by atoms with E-state index in [-0.39, 0.29) is 23.7 Å². The maximum atomic E-state index is 12.0. The van der Waals surface area contributed by atoms with E-state index in [1.807, 2.05) is 30.3 Å². The van der Waals surface area contributed by atoms with Crippen molar-refractivity contribution >= 4 is 5.91 Å². The zero-order valence-corrected chi connectivity index (χ0v) is 13.1. The molecule has 1 aliphatic heterocycles. The van der Waals surface area contributed by atoms with Crippen LogP contribution in [0.3, 0.4) is 0 Å². The van der Waals surface area contributed by atoms with Crippen molar-refractivity contribution < 1.29 is 9.53 Å². The molecule has 5 nitrogen and oxygen atoms in total. The zero-order valence-electron chi connectivity index (χ0n) is 13.1. The lowest BCUT2D eigenvalue weighted by atomic mass is 9.89. The van der Waals surface area contributed by atoms with E-state index >= 15 is 0 Å². The second-order valence-corrected chi connectivity index (χ2v) is 6.18. The number of rotatable bonds is 8. The van der Waals surface area contributed by atoms with Crippen LogP contribution < -0.4 is 10.1 Å². The lowest BCUT2D eigenvalue weighted by Crippen LogP contribution is -2.49. The largest absolute Gasteiger partial charge is 0.490 e. The van der Waals surface area contributed by atoms with Crippen LogP contribution in [-0.4, -0.2) is 23.7 Å². The number of benzene rings is 1. The van der Waals surface area contributed by atoms with Gasteiger partial charge in [0.15, 0.2) is 5.66 Å². The smallest absolute Gasteiger partial charge is 0.220 e. The number of terminal acetylenes is 1. The van der Waals surface area contributed by atoms with Crippen LogP contribution in [0.2, 0.25) is 0 Å². The highest BCUT2D eigenvalue weighted by Crippen LogP contribution is 2.37. The number of carbonyl (C=O) groups excluding carboxylic acids is 1. The van der Waals surface area contributed by atoms with Gasteiger partial charge in [0.25, 0.3) is 0 Å². The molecular weight excluding hydrogens is 290 g/mol. The summed E-state index contributed by atoms with van der Waals surface area (Å²) in [5, 5.41) is 11.1. The summed E-state index contributed by atoms with van der Waals surface area (Å²) < 4.78 is 5.83. The van der Waals surface area contributed by atoms with E-state index in [2.05, 4.69) is 21.5 Å². The Morgan fingerprint density at radius 1 is 1.30 bits per heavy atom. The van der Waals surface area contributed by atoms with Crippen molar-refractivity contribution in [3.63, 3.8) is 0 Å². The SMILES string of the molecule is C#CCCC1(CCC(=O)NC2CC(Oc3ccccc3)C2)N=N1. The number of carbonyl (C=O) groups is 1. The normalized spacial score (nSPS) is 23.4. The van der Waals surface area contributed by atoms with Gasteiger partial charge in [0.1, 0.15) is 11.9 Å². The topological polar surface area (TPSA) is 63.0 Å². The molecule has 1 fully saturated rings. The number of para-hydroxylation sites is 1. The first-order valence-electron chi connectivity index (χ1n) is 8.08. The van der Waals surface area contributed by atoms with Crippen LogP contribution in [0.25, 0.3) is 0 Å². The first-order valence-corrected chi connectivity index (χ1v) is 8.08. The Balaban J connectivity index is 1.31. The first kappa shape index (κ1) is 15.5. The van der Waals surface area contributed by atoms with Crippen LogP contribution in [0.15, 0.2) is 40.6 Å². The molecular formula is C18H21N3O2. The molecule has 0 spiro atoms. The summed E-state index contributed by atoms with van der Waals surface area (Å²) in [7, 11) is 0. The molecule has 3 rings (SSSR count). The summed E-state index contributed by atoms with van der Waals surface area (Å²) in [6, 6.07) is 9.99. The predicted octanol–water partition coefficient (Wildman–Crippen LogP) is 3.07. The third kappa shape index (κ3) is 4.32. The zero-order chi connectivity index (χ0) is 16.1. The second-order valence-electron chi connectivity index (χ2n) is 6.18. The summed E-state index contributed by atoms with van der Waals surface area (Å²) in [4.78, 5) is 12.0. The van der Waals surface area contributed by atoms with E-state index in [0.29, 0.717) is 19.3 Å². The van der Waals surface area contributed by atoms with Gasteiger partial charge in [0, 0.05) is 44.6 Å². The first-order chi connectivity index (χ1) is 11.2. The highest BCUT2D eigenvalue weighted by atomic mass is 16.5. The number of hydrogen-bond acceptors (Lipinski definition) is 4. The maximum absolute atomic E-state index is 12.0. The molecule has 1 heterocycles. The fraction of sp³-hybridized carbons (Fsp3) is 0.500. The Bertz CT molecular complexity index is 609. The van der Waals surface area contributed by atoms with Crippen LogP contribution >= 0.6 is 0 Å². The fourth-order valence-corrected chi connectivity index (χ4v) is 2.75. The van der Waals surface area contributed by atoms with Gasteiger partial charge in [0.2, 0.25) is 5.91 Å². The minimum Gasteiger partial charge on any atom is -0.490 e. The van der Waals surface area contributed by atoms with E-state index in [4.69, 9.17) is 11.2 Å². The molecule has 120 valence electrons. The van der Waals surface area contributed by atoms with E-state index < -0.39 is 0 Å². The molecule has 0 saturated heterocycles. The lowest BCUT2D eigenvalue weighted by Gasteiger charge is -2.35. The molecule has 2 aliphatic rings. The van der Waals surface area contributed by atoms with E-state index in [0.717, 1.165) is 25.0 Å². The van der Waals surface area contributed by atoms with Gasteiger partial charge < -0.3 is 10.1 Å². The summed E-state index contributed by atoms with van der Waals surface area (Å²) in [6.45, 7) is 0. The molecule has 0 atom stereocenters. The third-order valence-electron chi connectivity index (χ3n) is 4.31. The van der Waals surface area contributed by atoms with Gasteiger partial charge in [-0.15, -0.1) is 12.3 Å². The Hall–Kier alpha value is -2.35. The van der Waals surface area contributed by atoms with Gasteiger partial charge in [-0.1, -0.05) is 18.2 Å². The molecule has 0 aromatic heterocycles. The molecule has 1 aromatic rings. The predicted molar refractivity (Wildman–Crippen MR) is 86.9 cm³/mol. The van der Waals surface area contributed by atoms with Gasteiger partial charge in [-0.05, 0) is 12.1 Å². The van der Waals surface area contributed by atoms with Gasteiger partial charge in [-0.25, -0.2) is 0 Å². The number of nitrogens with one attached hydrogen (secondary N) is 1. The summed E-state index contributed by atoms with van der Waals surface area (Å²) >= 11 is 0. The Morgan fingerprint density at radius 2 is 2.04 bits per heavy atom. The fourth-order valence-electron chi connectivity index (χ4n) is 2.75. The van der Waals surface area contributed by atoms with Crippen molar-refractivity contribution in [2.24, 2.45) is 10.2 Å². The van der Waals surface area contributed by atoms with Gasteiger partial charge >= 0.3 is 0 Å². The quantitative estimate of drug-likeness (QED) is 0.750. The molecule has 1 amide bonds. The molecule has 23 heavy (non-hydrogen) atoms. The van der Waals surface area contributed by atoms with Crippen molar-refractivity contribution in [1.82, 2.24) is 5.32 Å². The average Bonchev–Trinajstić information content (AvgIpc) is 3.30. The minimum atomic E-state index is -0.373. The van der Waals surface area contributed by atoms with Crippen molar-refractivity contribution in [3.8, 4) is 18.1 Å².